The number of nitriles is 1. The SMILES string of the molecule is CC(=O)Nc1ccc(Nc2nccc(Nc3ccccc3C#N)n2)cc1. The highest BCUT2D eigenvalue weighted by molar-refractivity contribution is 5.88. The fraction of sp³-hybridized carbons (Fsp3) is 0.0526. The van der Waals surface area contributed by atoms with Crippen LogP contribution >= 0.6 is 0 Å². The number of hydrogen-bond donors (Lipinski definition) is 3. The molecule has 0 atom stereocenters. The second-order valence-electron chi connectivity index (χ2n) is 5.43. The highest BCUT2D eigenvalue weighted by Gasteiger charge is 2.04. The van der Waals surface area contributed by atoms with Crippen LogP contribution in [0.2, 0.25) is 0 Å². The first-order valence-electron chi connectivity index (χ1n) is 7.88. The predicted octanol–water partition coefficient (Wildman–Crippen LogP) is 3.79. The molecular weight excluding hydrogens is 328 g/mol. The predicted molar refractivity (Wildman–Crippen MR) is 101 cm³/mol. The maximum atomic E-state index is 11.0. The summed E-state index contributed by atoms with van der Waals surface area (Å²) in [5, 5.41) is 18.1. The molecule has 7 heteroatoms. The molecule has 128 valence electrons. The Morgan fingerprint density at radius 3 is 2.46 bits per heavy atom. The Labute approximate surface area is 150 Å². The van der Waals surface area contributed by atoms with Crippen LogP contribution in [0.3, 0.4) is 0 Å². The molecule has 7 nitrogen and oxygen atoms in total. The minimum absolute atomic E-state index is 0.120. The third-order valence-electron chi connectivity index (χ3n) is 3.43. The Kier molecular flexibility index (Phi) is 5.05. The van der Waals surface area contributed by atoms with E-state index in [1.54, 1.807) is 36.5 Å². The second kappa shape index (κ2) is 7.77. The van der Waals surface area contributed by atoms with Gasteiger partial charge < -0.3 is 16.0 Å². The lowest BCUT2D eigenvalue weighted by atomic mass is 10.2. The molecule has 1 heterocycles. The summed E-state index contributed by atoms with van der Waals surface area (Å²) in [4.78, 5) is 19.6. The molecule has 0 aliphatic carbocycles. The first-order valence-corrected chi connectivity index (χ1v) is 7.88. The van der Waals surface area contributed by atoms with E-state index in [2.05, 4.69) is 32.0 Å². The van der Waals surface area contributed by atoms with E-state index < -0.39 is 0 Å². The number of anilines is 5. The van der Waals surface area contributed by atoms with Crippen LogP contribution in [-0.4, -0.2) is 15.9 Å². The lowest BCUT2D eigenvalue weighted by Gasteiger charge is -2.10. The van der Waals surface area contributed by atoms with Gasteiger partial charge in [-0.05, 0) is 42.5 Å². The van der Waals surface area contributed by atoms with Crippen LogP contribution in [-0.2, 0) is 4.79 Å². The summed E-state index contributed by atoms with van der Waals surface area (Å²) in [5.74, 6) is 0.863. The van der Waals surface area contributed by atoms with Crippen molar-refractivity contribution in [1.82, 2.24) is 9.97 Å². The van der Waals surface area contributed by atoms with Crippen molar-refractivity contribution < 1.29 is 4.79 Å². The van der Waals surface area contributed by atoms with Crippen molar-refractivity contribution in [2.45, 2.75) is 6.92 Å². The number of para-hydroxylation sites is 1. The normalized spacial score (nSPS) is 9.85. The molecule has 3 N–H and O–H groups in total. The maximum absolute atomic E-state index is 11.0. The average Bonchev–Trinajstić information content (AvgIpc) is 2.64. The van der Waals surface area contributed by atoms with Crippen LogP contribution in [0.1, 0.15) is 12.5 Å². The van der Waals surface area contributed by atoms with Crippen LogP contribution < -0.4 is 16.0 Å². The van der Waals surface area contributed by atoms with Crippen LogP contribution in [0.4, 0.5) is 28.8 Å². The summed E-state index contributed by atoms with van der Waals surface area (Å²) in [6.45, 7) is 1.46. The summed E-state index contributed by atoms with van der Waals surface area (Å²) < 4.78 is 0. The summed E-state index contributed by atoms with van der Waals surface area (Å²) in [7, 11) is 0. The minimum Gasteiger partial charge on any atom is -0.339 e. The van der Waals surface area contributed by atoms with Gasteiger partial charge >= 0.3 is 0 Å². The van der Waals surface area contributed by atoms with E-state index >= 15 is 0 Å². The zero-order valence-corrected chi connectivity index (χ0v) is 14.0. The minimum atomic E-state index is -0.120. The van der Waals surface area contributed by atoms with Crippen LogP contribution in [0.5, 0.6) is 0 Å². The van der Waals surface area contributed by atoms with E-state index in [1.807, 2.05) is 24.3 Å². The number of benzene rings is 2. The van der Waals surface area contributed by atoms with Crippen molar-refractivity contribution in [3.8, 4) is 6.07 Å². The van der Waals surface area contributed by atoms with E-state index in [0.717, 1.165) is 5.69 Å². The Hall–Kier alpha value is -3.92. The molecule has 0 aliphatic rings. The molecule has 0 radical (unpaired) electrons. The van der Waals surface area contributed by atoms with Crippen molar-refractivity contribution in [2.75, 3.05) is 16.0 Å². The van der Waals surface area contributed by atoms with Gasteiger partial charge in [0, 0.05) is 24.5 Å². The molecule has 26 heavy (non-hydrogen) atoms. The molecule has 0 saturated heterocycles. The highest BCUT2D eigenvalue weighted by atomic mass is 16.1. The van der Waals surface area contributed by atoms with E-state index in [9.17, 15) is 4.79 Å². The van der Waals surface area contributed by atoms with Crippen LogP contribution in [0.25, 0.3) is 0 Å². The lowest BCUT2D eigenvalue weighted by molar-refractivity contribution is -0.114. The Morgan fingerprint density at radius 2 is 1.73 bits per heavy atom. The van der Waals surface area contributed by atoms with Gasteiger partial charge in [-0.1, -0.05) is 12.1 Å². The number of rotatable bonds is 5. The molecule has 0 bridgehead atoms. The Morgan fingerprint density at radius 1 is 1.00 bits per heavy atom. The summed E-state index contributed by atoms with van der Waals surface area (Å²) in [6, 6.07) is 18.3. The molecule has 0 spiro atoms. The number of carbonyl (C=O) groups is 1. The molecule has 0 aliphatic heterocycles. The van der Waals surface area contributed by atoms with Crippen molar-refractivity contribution >= 4 is 34.7 Å². The zero-order valence-electron chi connectivity index (χ0n) is 14.0. The van der Waals surface area contributed by atoms with Crippen LogP contribution in [0.15, 0.2) is 60.8 Å². The molecule has 1 amide bonds. The molecule has 1 aromatic heterocycles. The van der Waals surface area contributed by atoms with Gasteiger partial charge in [-0.3, -0.25) is 4.79 Å². The lowest BCUT2D eigenvalue weighted by Crippen LogP contribution is -2.05. The van der Waals surface area contributed by atoms with Gasteiger partial charge in [0.15, 0.2) is 0 Å². The largest absolute Gasteiger partial charge is 0.339 e. The van der Waals surface area contributed by atoms with Crippen molar-refractivity contribution in [3.05, 3.63) is 66.4 Å². The molecule has 2 aromatic carbocycles. The van der Waals surface area contributed by atoms with E-state index in [4.69, 9.17) is 5.26 Å². The van der Waals surface area contributed by atoms with E-state index in [1.165, 1.54) is 6.92 Å². The van der Waals surface area contributed by atoms with Gasteiger partial charge in [-0.25, -0.2) is 4.98 Å². The second-order valence-corrected chi connectivity index (χ2v) is 5.43. The standard InChI is InChI=1S/C19H16N6O/c1-13(26)22-15-6-8-16(9-7-15)23-19-21-11-10-18(25-19)24-17-5-3-2-4-14(17)12-20/h2-11H,1H3,(H,22,26)(H2,21,23,24,25). The van der Waals surface area contributed by atoms with Gasteiger partial charge in [0.1, 0.15) is 11.9 Å². The van der Waals surface area contributed by atoms with Crippen molar-refractivity contribution in [3.63, 3.8) is 0 Å². The fourth-order valence-corrected chi connectivity index (χ4v) is 2.29. The van der Waals surface area contributed by atoms with Gasteiger partial charge in [0.05, 0.1) is 11.3 Å². The molecule has 3 rings (SSSR count). The monoisotopic (exact) mass is 344 g/mol. The van der Waals surface area contributed by atoms with Gasteiger partial charge in [-0.2, -0.15) is 10.2 Å². The fourth-order valence-electron chi connectivity index (χ4n) is 2.29. The third kappa shape index (κ3) is 4.33. The zero-order chi connectivity index (χ0) is 18.4. The number of hydrogen-bond acceptors (Lipinski definition) is 6. The molecule has 3 aromatic rings. The summed E-state index contributed by atoms with van der Waals surface area (Å²) in [5.41, 5.74) is 2.72. The molecule has 0 unspecified atom stereocenters. The first-order chi connectivity index (χ1) is 12.6. The smallest absolute Gasteiger partial charge is 0.229 e. The summed E-state index contributed by atoms with van der Waals surface area (Å²) in [6.07, 6.45) is 1.62. The van der Waals surface area contributed by atoms with Crippen molar-refractivity contribution in [2.24, 2.45) is 0 Å². The quantitative estimate of drug-likeness (QED) is 0.650. The van der Waals surface area contributed by atoms with Gasteiger partial charge in [0.2, 0.25) is 11.9 Å². The first kappa shape index (κ1) is 16.9. The number of carbonyl (C=O) groups excluding carboxylic acids is 1. The topological polar surface area (TPSA) is 103 Å². The van der Waals surface area contributed by atoms with E-state index in [-0.39, 0.29) is 5.91 Å². The average molecular weight is 344 g/mol. The third-order valence-corrected chi connectivity index (χ3v) is 3.43. The number of aromatic nitrogens is 2. The van der Waals surface area contributed by atoms with Crippen molar-refractivity contribution in [1.29, 1.82) is 5.26 Å². The maximum Gasteiger partial charge on any atom is 0.229 e. The molecule has 0 saturated carbocycles. The Bertz CT molecular complexity index is 962. The van der Waals surface area contributed by atoms with E-state index in [0.29, 0.717) is 28.7 Å². The van der Waals surface area contributed by atoms with Crippen LogP contribution in [0, 0.1) is 11.3 Å². The summed E-state index contributed by atoms with van der Waals surface area (Å²) >= 11 is 0. The Balaban J connectivity index is 1.73. The highest BCUT2D eigenvalue weighted by Crippen LogP contribution is 2.21. The number of nitrogens with one attached hydrogen (secondary N) is 3. The molecular formula is C19H16N6O. The number of amides is 1. The molecule has 0 fully saturated rings. The van der Waals surface area contributed by atoms with Gasteiger partial charge in [-0.15, -0.1) is 0 Å². The number of nitrogens with zero attached hydrogens (tertiary/aromatic N) is 3. The van der Waals surface area contributed by atoms with Gasteiger partial charge in [0.25, 0.3) is 0 Å².